The van der Waals surface area contributed by atoms with Gasteiger partial charge in [0.05, 0.1) is 25.1 Å². The number of hydrogen-bond donors (Lipinski definition) is 2. The first kappa shape index (κ1) is 9.56. The van der Waals surface area contributed by atoms with Crippen LogP contribution in [0.4, 0.5) is 0 Å². The van der Waals surface area contributed by atoms with Gasteiger partial charge in [0.15, 0.2) is 0 Å². The van der Waals surface area contributed by atoms with Gasteiger partial charge in [-0.2, -0.15) is 5.06 Å². The minimum absolute atomic E-state index is 0.696. The summed E-state index contributed by atoms with van der Waals surface area (Å²) in [6, 6.07) is 0. The number of nitrogens with two attached hydrogens (primary N) is 1. The third kappa shape index (κ3) is 1.43. The van der Waals surface area contributed by atoms with Crippen LogP contribution in [-0.2, 0) is 9.68 Å². The zero-order valence-electron chi connectivity index (χ0n) is 8.85. The van der Waals surface area contributed by atoms with E-state index < -0.39 is 0 Å². The molecule has 0 atom stereocenters. The molecule has 0 aliphatic carbocycles. The molecule has 16 heavy (non-hydrogen) atoms. The summed E-state index contributed by atoms with van der Waals surface area (Å²) in [6.07, 6.45) is 5.60. The van der Waals surface area contributed by atoms with Gasteiger partial charge in [-0.05, 0) is 12.2 Å². The highest BCUT2D eigenvalue weighted by molar-refractivity contribution is 5.37. The van der Waals surface area contributed by atoms with Crippen LogP contribution < -0.4 is 11.2 Å². The molecule has 6 nitrogen and oxygen atoms in total. The van der Waals surface area contributed by atoms with Crippen LogP contribution in [0.5, 0.6) is 0 Å². The largest absolute Gasteiger partial charge is 0.397 e. The van der Waals surface area contributed by atoms with Gasteiger partial charge >= 0.3 is 0 Å². The number of fused-ring (bicyclic) bond motifs is 1. The van der Waals surface area contributed by atoms with Crippen LogP contribution in [-0.4, -0.2) is 36.3 Å². The third-order valence-electron chi connectivity index (χ3n) is 2.81. The zero-order chi connectivity index (χ0) is 11.0. The van der Waals surface area contributed by atoms with E-state index in [0.717, 1.165) is 37.8 Å². The molecule has 0 saturated carbocycles. The van der Waals surface area contributed by atoms with Crippen molar-refractivity contribution in [1.29, 1.82) is 0 Å². The predicted molar refractivity (Wildman–Crippen MR) is 56.9 cm³/mol. The van der Waals surface area contributed by atoms with Crippen LogP contribution in [0, 0.1) is 0 Å². The summed E-state index contributed by atoms with van der Waals surface area (Å²) in [5, 5.41) is 1.71. The Morgan fingerprint density at radius 2 is 2.06 bits per heavy atom. The van der Waals surface area contributed by atoms with Crippen LogP contribution in [0.2, 0.25) is 0 Å². The molecule has 86 valence electrons. The number of nitrogens with one attached hydrogen (secondary N) is 1. The van der Waals surface area contributed by atoms with E-state index in [2.05, 4.69) is 10.4 Å². The van der Waals surface area contributed by atoms with E-state index in [9.17, 15) is 0 Å². The summed E-state index contributed by atoms with van der Waals surface area (Å²) in [6.45, 7) is 3.23. The van der Waals surface area contributed by atoms with Gasteiger partial charge < -0.3 is 15.4 Å². The van der Waals surface area contributed by atoms with Gasteiger partial charge in [-0.15, -0.1) is 4.94 Å². The van der Waals surface area contributed by atoms with E-state index in [1.54, 1.807) is 11.3 Å². The van der Waals surface area contributed by atoms with Gasteiger partial charge in [-0.25, -0.2) is 5.48 Å². The molecular formula is C10H14N4O2. The van der Waals surface area contributed by atoms with Crippen LogP contribution in [0.25, 0.3) is 0 Å². The Bertz CT molecular complexity index is 382. The summed E-state index contributed by atoms with van der Waals surface area (Å²) in [5.41, 5.74) is 10.1. The molecule has 3 N–H and O–H groups in total. The lowest BCUT2D eigenvalue weighted by atomic mass is 10.2. The normalized spacial score (nSPS) is 24.4. The first-order valence-corrected chi connectivity index (χ1v) is 5.29. The highest BCUT2D eigenvalue weighted by Gasteiger charge is 2.29. The maximum absolute atomic E-state index is 5.86. The Morgan fingerprint density at radius 1 is 1.25 bits per heavy atom. The second-order valence-electron chi connectivity index (χ2n) is 3.78. The number of morpholine rings is 1. The van der Waals surface area contributed by atoms with E-state index in [1.165, 1.54) is 0 Å². The van der Waals surface area contributed by atoms with E-state index in [1.807, 2.05) is 12.2 Å². The van der Waals surface area contributed by atoms with Crippen molar-refractivity contribution in [2.24, 2.45) is 5.73 Å². The van der Waals surface area contributed by atoms with E-state index >= 15 is 0 Å². The molecule has 1 saturated heterocycles. The van der Waals surface area contributed by atoms with Crippen molar-refractivity contribution < 1.29 is 9.68 Å². The zero-order valence-corrected chi connectivity index (χ0v) is 8.85. The second kappa shape index (κ2) is 3.73. The standard InChI is InChI=1S/C10H14N4O2/c11-8-1-2-10(13-3-5-15-6-4-13)14-9(8)7-12-16-14/h1-2,7,12H,3-6,11H2. The summed E-state index contributed by atoms with van der Waals surface area (Å²) < 4.78 is 5.32. The fourth-order valence-corrected chi connectivity index (χ4v) is 1.96. The number of hydroxylamine groups is 3. The Morgan fingerprint density at radius 3 is 2.88 bits per heavy atom. The van der Waals surface area contributed by atoms with E-state index in [4.69, 9.17) is 15.4 Å². The molecule has 3 heterocycles. The molecule has 0 aromatic rings. The Hall–Kier alpha value is -1.66. The first-order valence-electron chi connectivity index (χ1n) is 5.29. The number of ether oxygens (including phenoxy) is 1. The Kier molecular flexibility index (Phi) is 2.23. The minimum atomic E-state index is 0.696. The van der Waals surface area contributed by atoms with Crippen LogP contribution in [0.15, 0.2) is 35.6 Å². The molecule has 3 rings (SSSR count). The van der Waals surface area contributed by atoms with Crippen molar-refractivity contribution in [2.45, 2.75) is 0 Å². The van der Waals surface area contributed by atoms with E-state index in [0.29, 0.717) is 5.70 Å². The van der Waals surface area contributed by atoms with E-state index in [-0.39, 0.29) is 0 Å². The maximum atomic E-state index is 5.86. The van der Waals surface area contributed by atoms with Crippen molar-refractivity contribution in [3.8, 4) is 0 Å². The molecule has 0 spiro atoms. The SMILES string of the molecule is NC1=CC=C(N2CCOCC2)N2ONC=C12. The van der Waals surface area contributed by atoms with Crippen LogP contribution in [0.3, 0.4) is 0 Å². The molecule has 3 aliphatic rings. The first-order chi connectivity index (χ1) is 7.86. The molecular weight excluding hydrogens is 208 g/mol. The maximum Gasteiger partial charge on any atom is 0.137 e. The monoisotopic (exact) mass is 222 g/mol. The van der Waals surface area contributed by atoms with Gasteiger partial charge in [0.1, 0.15) is 11.5 Å². The molecule has 0 aromatic carbocycles. The third-order valence-corrected chi connectivity index (χ3v) is 2.81. The molecule has 6 heteroatoms. The highest BCUT2D eigenvalue weighted by Crippen LogP contribution is 2.27. The Labute approximate surface area is 93.5 Å². The van der Waals surface area contributed by atoms with Crippen LogP contribution in [0.1, 0.15) is 0 Å². The fourth-order valence-electron chi connectivity index (χ4n) is 1.96. The second-order valence-corrected chi connectivity index (χ2v) is 3.78. The molecule has 0 unspecified atom stereocenters. The molecule has 0 radical (unpaired) electrons. The lowest BCUT2D eigenvalue weighted by molar-refractivity contribution is -0.145. The minimum Gasteiger partial charge on any atom is -0.397 e. The smallest absolute Gasteiger partial charge is 0.137 e. The predicted octanol–water partition coefficient (Wildman–Crippen LogP) is -0.391. The van der Waals surface area contributed by atoms with Crippen molar-refractivity contribution in [1.82, 2.24) is 15.4 Å². The molecule has 0 aromatic heterocycles. The highest BCUT2D eigenvalue weighted by atomic mass is 16.8. The average molecular weight is 222 g/mol. The number of allylic oxidation sites excluding steroid dienone is 2. The lowest BCUT2D eigenvalue weighted by Gasteiger charge is -2.36. The van der Waals surface area contributed by atoms with Crippen molar-refractivity contribution in [3.05, 3.63) is 35.6 Å². The van der Waals surface area contributed by atoms with Crippen molar-refractivity contribution in [3.63, 3.8) is 0 Å². The number of nitrogens with zero attached hydrogens (tertiary/aromatic N) is 2. The number of hydrogen-bond acceptors (Lipinski definition) is 6. The topological polar surface area (TPSA) is 63.0 Å². The number of rotatable bonds is 1. The van der Waals surface area contributed by atoms with Gasteiger partial charge in [0.2, 0.25) is 0 Å². The Balaban J connectivity index is 1.86. The average Bonchev–Trinajstić information content (AvgIpc) is 2.81. The van der Waals surface area contributed by atoms with Crippen molar-refractivity contribution in [2.75, 3.05) is 26.3 Å². The quantitative estimate of drug-likeness (QED) is 0.630. The molecule has 0 amide bonds. The fraction of sp³-hybridized carbons (Fsp3) is 0.400. The van der Waals surface area contributed by atoms with Gasteiger partial charge in [-0.3, -0.25) is 0 Å². The molecule has 3 aliphatic heterocycles. The molecule has 0 bridgehead atoms. The summed E-state index contributed by atoms with van der Waals surface area (Å²) >= 11 is 0. The lowest BCUT2D eigenvalue weighted by Crippen LogP contribution is -2.42. The van der Waals surface area contributed by atoms with Crippen molar-refractivity contribution >= 4 is 0 Å². The summed E-state index contributed by atoms with van der Waals surface area (Å²) in [7, 11) is 0. The molecule has 1 fully saturated rings. The van der Waals surface area contributed by atoms with Gasteiger partial charge in [0, 0.05) is 13.1 Å². The summed E-state index contributed by atoms with van der Waals surface area (Å²) in [5.74, 6) is 0.994. The van der Waals surface area contributed by atoms with Crippen LogP contribution >= 0.6 is 0 Å². The van der Waals surface area contributed by atoms with Gasteiger partial charge in [0.25, 0.3) is 0 Å². The summed E-state index contributed by atoms with van der Waals surface area (Å²) in [4.78, 5) is 7.53. The van der Waals surface area contributed by atoms with Gasteiger partial charge in [-0.1, -0.05) is 0 Å².